The number of esters is 1. The number of benzene rings is 2. The molecule has 4 aromatic rings. The summed E-state index contributed by atoms with van der Waals surface area (Å²) >= 11 is 0. The van der Waals surface area contributed by atoms with Gasteiger partial charge in [-0.3, -0.25) is 4.90 Å². The van der Waals surface area contributed by atoms with Gasteiger partial charge in [-0.05, 0) is 68.3 Å². The molecule has 0 bridgehead atoms. The number of aromatic amines is 1. The largest absolute Gasteiger partial charge is 1.00 e. The molecule has 0 unspecified atom stereocenters. The van der Waals surface area contributed by atoms with Gasteiger partial charge in [-0.15, -0.1) is 5.10 Å². The maximum absolute atomic E-state index is 13.6. The van der Waals surface area contributed by atoms with Crippen molar-refractivity contribution in [3.05, 3.63) is 116 Å². The summed E-state index contributed by atoms with van der Waals surface area (Å²) in [5.41, 5.74) is 2.57. The fraction of sp³-hybridized carbons (Fsp3) is 0.258. The van der Waals surface area contributed by atoms with Crippen molar-refractivity contribution in [3.8, 4) is 6.07 Å². The maximum atomic E-state index is 13.6. The van der Waals surface area contributed by atoms with Crippen LogP contribution in [0.5, 0.6) is 0 Å². The highest BCUT2D eigenvalue weighted by Gasteiger charge is 2.41. The van der Waals surface area contributed by atoms with Crippen LogP contribution in [0.2, 0.25) is 0 Å². The molecule has 228 valence electrons. The number of nitriles is 1. The number of ether oxygens (including phenoxy) is 1. The third-order valence-electron chi connectivity index (χ3n) is 7.38. The monoisotopic (exact) mass is 668 g/mol. The molecule has 9 nitrogen and oxygen atoms in total. The van der Waals surface area contributed by atoms with Crippen LogP contribution in [0.3, 0.4) is 0 Å². The van der Waals surface area contributed by atoms with Crippen molar-refractivity contribution in [2.24, 2.45) is 0 Å². The molecule has 0 saturated carbocycles. The van der Waals surface area contributed by atoms with E-state index in [0.29, 0.717) is 29.7 Å². The minimum absolute atomic E-state index is 0. The molecule has 1 N–H and O–H groups in total. The van der Waals surface area contributed by atoms with E-state index in [4.69, 9.17) is 4.74 Å². The second-order valence-electron chi connectivity index (χ2n) is 10.4. The number of carbonyl (C=O) groups excluding carboxylic acids is 1. The van der Waals surface area contributed by atoms with Crippen LogP contribution in [-0.4, -0.2) is 27.8 Å². The zero-order valence-electron chi connectivity index (χ0n) is 24.2. The first-order valence-corrected chi connectivity index (χ1v) is 13.4. The number of aryl methyl sites for hydroxylation is 4. The molecule has 2 aromatic heterocycles. The minimum Gasteiger partial charge on any atom is -1.00 e. The van der Waals surface area contributed by atoms with Gasteiger partial charge in [0.2, 0.25) is 5.95 Å². The van der Waals surface area contributed by atoms with Gasteiger partial charge in [0.15, 0.2) is 18.9 Å². The van der Waals surface area contributed by atoms with E-state index in [1.54, 1.807) is 25.1 Å². The minimum atomic E-state index is -4.62. The smallest absolute Gasteiger partial charge is 0.416 e. The Morgan fingerprint density at radius 1 is 1.11 bits per heavy atom. The Kier molecular flexibility index (Phi) is 9.15. The second-order valence-corrected chi connectivity index (χ2v) is 10.4. The number of nitrogens with one attached hydrogen (secondary N) is 1. The second kappa shape index (κ2) is 12.5. The number of methoxy groups -OCH3 is 1. The van der Waals surface area contributed by atoms with Gasteiger partial charge >= 0.3 is 17.8 Å². The fourth-order valence-corrected chi connectivity index (χ4v) is 5.61. The van der Waals surface area contributed by atoms with E-state index in [1.165, 1.54) is 28.7 Å². The molecule has 2 aromatic carbocycles. The van der Waals surface area contributed by atoms with Crippen LogP contribution >= 0.6 is 0 Å². The molecule has 3 heterocycles. The predicted molar refractivity (Wildman–Crippen MR) is 150 cm³/mol. The number of nitrogens with zero attached hydrogens (tertiary/aromatic N) is 5. The van der Waals surface area contributed by atoms with E-state index < -0.39 is 29.4 Å². The summed E-state index contributed by atoms with van der Waals surface area (Å²) in [6.45, 7) is 6.09. The van der Waals surface area contributed by atoms with Crippen molar-refractivity contribution in [2.45, 2.75) is 46.0 Å². The Hall–Kier alpha value is -4.70. The highest BCUT2D eigenvalue weighted by atomic mass is 79.9. The third kappa shape index (κ3) is 6.03. The lowest BCUT2D eigenvalue weighted by Gasteiger charge is -2.36. The SMILES string of the molecule is COC(=O)C1=C(C)N(c2cccc(C(F)(F)F)c2)c2n[nH]c(=O)n2[C@@H]1c1ccc(C#N)cc1CC[n+]1cc(C)cc(C)c1.[Br-]. The molecule has 5 rings (SSSR count). The molecule has 13 heteroatoms. The standard InChI is InChI=1S/C31H27F3N6O3.BrH/c1-18-12-19(2)17-38(16-18)11-10-22-13-21(15-35)8-9-25(22)27-26(28(41)43-4)20(3)39(29-36-37-30(42)40(27)29)24-7-5-6-23(14-24)31(32,33)34;/h5-9,12-14,16-17,27H,10-11H2,1-4H3;1H/t27-;/m1./s1. The first-order valence-electron chi connectivity index (χ1n) is 13.4. The Morgan fingerprint density at radius 2 is 1.82 bits per heavy atom. The lowest BCUT2D eigenvalue weighted by atomic mass is 9.89. The molecular formula is C31H28BrF3N6O3. The number of alkyl halides is 3. The van der Waals surface area contributed by atoms with Gasteiger partial charge in [-0.25, -0.2) is 23.8 Å². The van der Waals surface area contributed by atoms with Gasteiger partial charge in [0.05, 0.1) is 29.9 Å². The van der Waals surface area contributed by atoms with Gasteiger partial charge in [0.1, 0.15) is 6.04 Å². The zero-order valence-corrected chi connectivity index (χ0v) is 25.8. The fourth-order valence-electron chi connectivity index (χ4n) is 5.61. The first kappa shape index (κ1) is 32.2. The zero-order chi connectivity index (χ0) is 31.1. The van der Waals surface area contributed by atoms with Gasteiger partial charge in [0.25, 0.3) is 0 Å². The van der Waals surface area contributed by atoms with Crippen molar-refractivity contribution >= 4 is 17.6 Å². The van der Waals surface area contributed by atoms with Crippen LogP contribution in [0.25, 0.3) is 0 Å². The van der Waals surface area contributed by atoms with Crippen molar-refractivity contribution in [1.82, 2.24) is 14.8 Å². The molecule has 44 heavy (non-hydrogen) atoms. The summed E-state index contributed by atoms with van der Waals surface area (Å²) in [6, 6.07) is 12.7. The molecule has 0 radical (unpaired) electrons. The first-order chi connectivity index (χ1) is 20.4. The predicted octanol–water partition coefficient (Wildman–Crippen LogP) is 1.80. The van der Waals surface area contributed by atoms with Gasteiger partial charge < -0.3 is 21.7 Å². The number of hydrogen-bond donors (Lipinski definition) is 1. The number of rotatable bonds is 6. The summed E-state index contributed by atoms with van der Waals surface area (Å²) in [5, 5.41) is 16.2. The number of H-pyrrole nitrogens is 1. The van der Waals surface area contributed by atoms with E-state index in [-0.39, 0.29) is 39.9 Å². The van der Waals surface area contributed by atoms with Crippen molar-refractivity contribution in [1.29, 1.82) is 5.26 Å². The number of anilines is 2. The Bertz CT molecular complexity index is 1850. The number of carbonyl (C=O) groups is 1. The van der Waals surface area contributed by atoms with E-state index in [0.717, 1.165) is 23.3 Å². The molecule has 0 spiro atoms. The highest BCUT2D eigenvalue weighted by molar-refractivity contribution is 5.93. The summed E-state index contributed by atoms with van der Waals surface area (Å²) in [6.07, 6.45) is -0.177. The van der Waals surface area contributed by atoms with Crippen LogP contribution in [0.1, 0.15) is 46.3 Å². The molecule has 1 atom stereocenters. The van der Waals surface area contributed by atoms with E-state index in [2.05, 4.69) is 22.3 Å². The average molecular weight is 670 g/mol. The molecule has 0 saturated heterocycles. The molecule has 1 aliphatic heterocycles. The summed E-state index contributed by atoms with van der Waals surface area (Å²) < 4.78 is 49.2. The lowest BCUT2D eigenvalue weighted by molar-refractivity contribution is -0.697. The van der Waals surface area contributed by atoms with Crippen LogP contribution in [0, 0.1) is 25.2 Å². The molecule has 0 fully saturated rings. The number of allylic oxidation sites excluding steroid dienone is 1. The molecule has 1 aliphatic rings. The number of pyridine rings is 1. The lowest BCUT2D eigenvalue weighted by Crippen LogP contribution is -3.00. The number of fused-ring (bicyclic) bond motifs is 1. The molecule has 0 aliphatic carbocycles. The van der Waals surface area contributed by atoms with E-state index in [1.807, 2.05) is 30.8 Å². The summed E-state index contributed by atoms with van der Waals surface area (Å²) in [5.74, 6) is -0.768. The Balaban J connectivity index is 0.00000442. The quantitative estimate of drug-likeness (QED) is 0.248. The van der Waals surface area contributed by atoms with E-state index >= 15 is 0 Å². The third-order valence-corrected chi connectivity index (χ3v) is 7.38. The Morgan fingerprint density at radius 3 is 2.45 bits per heavy atom. The Labute approximate surface area is 261 Å². The van der Waals surface area contributed by atoms with Crippen LogP contribution < -0.4 is 32.1 Å². The van der Waals surface area contributed by atoms with Crippen LogP contribution in [0.4, 0.5) is 24.8 Å². The average Bonchev–Trinajstić information content (AvgIpc) is 3.34. The van der Waals surface area contributed by atoms with Crippen molar-refractivity contribution < 1.29 is 44.3 Å². The van der Waals surface area contributed by atoms with Crippen LogP contribution in [0.15, 0.2) is 77.0 Å². The number of hydrogen-bond acceptors (Lipinski definition) is 6. The summed E-state index contributed by atoms with van der Waals surface area (Å²) in [7, 11) is 1.19. The topological polar surface area (TPSA) is 108 Å². The van der Waals surface area contributed by atoms with Crippen molar-refractivity contribution in [2.75, 3.05) is 12.0 Å². The van der Waals surface area contributed by atoms with Gasteiger partial charge in [0, 0.05) is 28.9 Å². The number of halogens is 4. The maximum Gasteiger partial charge on any atom is 0.416 e. The van der Waals surface area contributed by atoms with Gasteiger partial charge in [-0.1, -0.05) is 12.1 Å². The number of aromatic nitrogens is 4. The van der Waals surface area contributed by atoms with Gasteiger partial charge in [-0.2, -0.15) is 18.4 Å². The molecular weight excluding hydrogens is 641 g/mol. The van der Waals surface area contributed by atoms with E-state index in [9.17, 15) is 28.0 Å². The summed E-state index contributed by atoms with van der Waals surface area (Å²) in [4.78, 5) is 28.0. The normalized spacial score (nSPS) is 14.5. The van der Waals surface area contributed by atoms with Crippen molar-refractivity contribution in [3.63, 3.8) is 0 Å². The molecule has 0 amide bonds. The highest BCUT2D eigenvalue weighted by Crippen LogP contribution is 2.43. The van der Waals surface area contributed by atoms with Crippen LogP contribution in [-0.2, 0) is 28.7 Å².